The van der Waals surface area contributed by atoms with Crippen LogP contribution >= 0.6 is 0 Å². The van der Waals surface area contributed by atoms with Gasteiger partial charge in [-0.2, -0.15) is 0 Å². The molecule has 2 aromatic carbocycles. The molecule has 44 heavy (non-hydrogen) atoms. The summed E-state index contributed by atoms with van der Waals surface area (Å²) >= 11 is 1.99. The Labute approximate surface area is 278 Å². The molecule has 0 unspecified atom stereocenters. The number of hydrogen-bond donors (Lipinski definition) is 0. The van der Waals surface area contributed by atoms with Crippen molar-refractivity contribution in [2.45, 2.75) is 163 Å². The molecule has 3 rings (SSSR count). The minimum Gasteiger partial charge on any atom is -0.493 e. The Hall–Kier alpha value is -1.99. The van der Waals surface area contributed by atoms with Crippen molar-refractivity contribution in [1.29, 1.82) is 0 Å². The summed E-state index contributed by atoms with van der Waals surface area (Å²) in [6.45, 7) is 20.0. The van der Waals surface area contributed by atoms with E-state index >= 15 is 0 Å². The summed E-state index contributed by atoms with van der Waals surface area (Å²) in [4.78, 5) is 0. The number of allylic oxidation sites excluding steroid dienone is 2. The molecule has 248 valence electrons. The summed E-state index contributed by atoms with van der Waals surface area (Å²) in [5.74, 6) is 0. The molecule has 1 aliphatic rings. The Kier molecular flexibility index (Phi) is 18.2. The molecule has 0 amide bonds. The van der Waals surface area contributed by atoms with Gasteiger partial charge in [0.05, 0.1) is 0 Å². The molecule has 0 atom stereocenters. The van der Waals surface area contributed by atoms with Crippen molar-refractivity contribution in [2.24, 2.45) is 0 Å². The van der Waals surface area contributed by atoms with E-state index in [-0.39, 0.29) is 0 Å². The van der Waals surface area contributed by atoms with Gasteiger partial charge >= 0.3 is 90.4 Å². The van der Waals surface area contributed by atoms with E-state index in [1.165, 1.54) is 100 Å². The quantitative estimate of drug-likeness (QED) is 0.0878. The van der Waals surface area contributed by atoms with E-state index < -0.39 is 0 Å². The Morgan fingerprint density at radius 2 is 0.955 bits per heavy atom. The van der Waals surface area contributed by atoms with Crippen molar-refractivity contribution in [3.05, 3.63) is 86.0 Å². The zero-order valence-corrected chi connectivity index (χ0v) is 30.9. The minimum absolute atomic E-state index is 0.884. The molecule has 0 saturated carbocycles. The van der Waals surface area contributed by atoms with Crippen LogP contribution in [0.1, 0.15) is 158 Å². The van der Waals surface area contributed by atoms with E-state index in [1.54, 1.807) is 0 Å². The van der Waals surface area contributed by atoms with Gasteiger partial charge in [0.25, 0.3) is 0 Å². The SMILES string of the molecule is CCCCC[CH2][Ni][CH2]CCCCC.CCc1cc(C2=CC(C)=C(c3cc(CC)c(CC)c(CC)c3)[N+]2=[N-])cc(CC)c1CC. The molecule has 0 saturated heterocycles. The molecule has 1 heterocycles. The van der Waals surface area contributed by atoms with E-state index in [2.05, 4.69) is 92.7 Å². The van der Waals surface area contributed by atoms with E-state index in [1.807, 2.05) is 14.4 Å². The topological polar surface area (TPSA) is 25.3 Å². The summed E-state index contributed by atoms with van der Waals surface area (Å²) < 4.78 is 1.43. The van der Waals surface area contributed by atoms with Crippen LogP contribution in [0.5, 0.6) is 0 Å². The second kappa shape index (κ2) is 20.9. The van der Waals surface area contributed by atoms with Crippen LogP contribution in [0.4, 0.5) is 0 Å². The first-order valence-corrected chi connectivity index (χ1v) is 19.4. The average molecular weight is 644 g/mol. The summed E-state index contributed by atoms with van der Waals surface area (Å²) in [5.41, 5.74) is 25.0. The number of unbranched alkanes of at least 4 members (excludes halogenated alkanes) is 6. The van der Waals surface area contributed by atoms with Gasteiger partial charge in [0.2, 0.25) is 11.4 Å². The first-order valence-electron chi connectivity index (χ1n) is 18.0. The maximum atomic E-state index is 11.3. The maximum Gasteiger partial charge on any atom is 0.210 e. The zero-order valence-electron chi connectivity index (χ0n) is 29.9. The molecule has 0 spiro atoms. The van der Waals surface area contributed by atoms with Crippen LogP contribution in [-0.2, 0) is 53.0 Å². The van der Waals surface area contributed by atoms with Gasteiger partial charge in [-0.15, -0.1) is 0 Å². The maximum absolute atomic E-state index is 11.3. The van der Waals surface area contributed by atoms with Gasteiger partial charge in [-0.25, -0.2) is 4.70 Å². The number of benzene rings is 2. The van der Waals surface area contributed by atoms with Gasteiger partial charge in [-0.05, 0) is 103 Å². The van der Waals surface area contributed by atoms with Crippen molar-refractivity contribution >= 4 is 11.4 Å². The Morgan fingerprint density at radius 3 is 1.32 bits per heavy atom. The standard InChI is InChI=1S/C29H38N2.2C6H13.Ni/c1-8-20-15-24(16-21(9-2)26(20)12-5)28-14-19(7)29(31(28)30)25-17-22(10-3)27(13-6)23(11-4)18-25;2*1-3-5-6-4-2;/h14-18H,8-13H2,1-7H3;2*1,3-6H2,2H3;. The summed E-state index contributed by atoms with van der Waals surface area (Å²) in [7, 11) is 0. The zero-order chi connectivity index (χ0) is 32.5. The summed E-state index contributed by atoms with van der Waals surface area (Å²) in [5, 5.41) is 2.83. The fraction of sp³-hybridized carbons (Fsp3) is 0.610. The van der Waals surface area contributed by atoms with Gasteiger partial charge in [-0.1, -0.05) is 41.5 Å². The predicted octanol–water partition coefficient (Wildman–Crippen LogP) is 12.9. The number of hydrogen-bond acceptors (Lipinski definition) is 0. The van der Waals surface area contributed by atoms with Gasteiger partial charge in [-0.3, -0.25) is 0 Å². The van der Waals surface area contributed by atoms with E-state index in [0.29, 0.717) is 0 Å². The summed E-state index contributed by atoms with van der Waals surface area (Å²) in [6, 6.07) is 9.12. The van der Waals surface area contributed by atoms with Crippen LogP contribution in [0.25, 0.3) is 16.9 Å². The fourth-order valence-corrected chi connectivity index (χ4v) is 7.71. The van der Waals surface area contributed by atoms with Crippen molar-refractivity contribution in [2.75, 3.05) is 0 Å². The first kappa shape index (κ1) is 38.2. The second-order valence-electron chi connectivity index (χ2n) is 12.1. The molecule has 3 heteroatoms. The van der Waals surface area contributed by atoms with Crippen LogP contribution < -0.4 is 0 Å². The largest absolute Gasteiger partial charge is 0.493 e. The van der Waals surface area contributed by atoms with Crippen molar-refractivity contribution < 1.29 is 19.1 Å². The molecule has 0 fully saturated rings. The molecular formula is C41H64N2Ni. The van der Waals surface area contributed by atoms with Crippen molar-refractivity contribution in [1.82, 2.24) is 0 Å². The van der Waals surface area contributed by atoms with Gasteiger partial charge < -0.3 is 5.53 Å². The Bertz CT molecular complexity index is 1190. The van der Waals surface area contributed by atoms with Crippen LogP contribution in [0.2, 0.25) is 10.8 Å². The monoisotopic (exact) mass is 642 g/mol. The molecule has 0 N–H and O–H groups in total. The molecule has 0 aromatic heterocycles. The van der Waals surface area contributed by atoms with Crippen LogP contribution in [0.15, 0.2) is 35.9 Å². The molecular weight excluding hydrogens is 579 g/mol. The molecule has 2 nitrogen and oxygen atoms in total. The van der Waals surface area contributed by atoms with Crippen molar-refractivity contribution in [3.8, 4) is 0 Å². The van der Waals surface area contributed by atoms with E-state index in [9.17, 15) is 5.53 Å². The van der Waals surface area contributed by atoms with Crippen LogP contribution in [0, 0.1) is 0 Å². The predicted molar refractivity (Wildman–Crippen MR) is 191 cm³/mol. The van der Waals surface area contributed by atoms with Crippen molar-refractivity contribution in [3.63, 3.8) is 0 Å². The molecule has 0 radical (unpaired) electrons. The number of aryl methyl sites for hydroxylation is 4. The normalized spacial score (nSPS) is 13.0. The first-order chi connectivity index (χ1) is 21.3. The van der Waals surface area contributed by atoms with Crippen LogP contribution in [-0.4, -0.2) is 4.70 Å². The number of nitrogens with zero attached hydrogens (tertiary/aromatic N) is 2. The van der Waals surface area contributed by atoms with Gasteiger partial charge in [0.15, 0.2) is 0 Å². The van der Waals surface area contributed by atoms with E-state index in [0.717, 1.165) is 66.6 Å². The van der Waals surface area contributed by atoms with Gasteiger partial charge in [0.1, 0.15) is 0 Å². The van der Waals surface area contributed by atoms with Gasteiger partial charge in [0, 0.05) is 22.8 Å². The van der Waals surface area contributed by atoms with E-state index in [4.69, 9.17) is 0 Å². The third-order valence-electron chi connectivity index (χ3n) is 8.99. The fourth-order valence-electron chi connectivity index (χ4n) is 6.48. The third-order valence-corrected chi connectivity index (χ3v) is 10.4. The molecule has 1 aliphatic heterocycles. The Balaban J connectivity index is 0.000000439. The summed E-state index contributed by atoms with van der Waals surface area (Å²) in [6.07, 6.45) is 19.7. The minimum atomic E-state index is 0.884. The second-order valence-corrected chi connectivity index (χ2v) is 13.6. The molecule has 0 bridgehead atoms. The molecule has 0 aliphatic carbocycles. The average Bonchev–Trinajstić information content (AvgIpc) is 3.35. The smallest absolute Gasteiger partial charge is 0.210 e. The number of rotatable bonds is 18. The molecule has 2 aromatic rings. The Morgan fingerprint density at radius 1 is 0.545 bits per heavy atom. The third kappa shape index (κ3) is 10.5. The van der Waals surface area contributed by atoms with Crippen LogP contribution in [0.3, 0.4) is 0 Å².